The average Bonchev–Trinajstić information content (AvgIpc) is 2.62. The average molecular weight is 253 g/mol. The topological polar surface area (TPSA) is 45.2 Å². The summed E-state index contributed by atoms with van der Waals surface area (Å²) in [6.07, 6.45) is 0.434. The van der Waals surface area contributed by atoms with E-state index in [-0.39, 0.29) is 5.91 Å². The Labute approximate surface area is 106 Å². The third-order valence-corrected chi connectivity index (χ3v) is 3.73. The molecule has 1 saturated heterocycles. The minimum Gasteiger partial charge on any atom is -0.339 e. The Morgan fingerprint density at radius 2 is 2.18 bits per heavy atom. The van der Waals surface area contributed by atoms with E-state index in [0.29, 0.717) is 18.5 Å². The van der Waals surface area contributed by atoms with Gasteiger partial charge < -0.3 is 10.2 Å². The predicted octanol–water partition coefficient (Wildman–Crippen LogP) is 1.20. The van der Waals surface area contributed by atoms with Crippen LogP contribution in [0, 0.1) is 6.92 Å². The van der Waals surface area contributed by atoms with Crippen LogP contribution in [0.2, 0.25) is 0 Å². The highest BCUT2D eigenvalue weighted by Crippen LogP contribution is 2.11. The lowest BCUT2D eigenvalue weighted by molar-refractivity contribution is -0.132. The van der Waals surface area contributed by atoms with Gasteiger partial charge in [0.15, 0.2) is 0 Å². The number of hydrogen-bond acceptors (Lipinski definition) is 4. The van der Waals surface area contributed by atoms with Crippen LogP contribution in [0.1, 0.15) is 24.5 Å². The fraction of sp³-hybridized carbons (Fsp3) is 0.667. The maximum Gasteiger partial charge on any atom is 0.228 e. The highest BCUT2D eigenvalue weighted by molar-refractivity contribution is 7.09. The van der Waals surface area contributed by atoms with Crippen LogP contribution >= 0.6 is 11.3 Å². The summed E-state index contributed by atoms with van der Waals surface area (Å²) in [4.78, 5) is 18.4. The summed E-state index contributed by atoms with van der Waals surface area (Å²) in [5.74, 6) is 0.190. The second-order valence-electron chi connectivity index (χ2n) is 4.80. The van der Waals surface area contributed by atoms with Gasteiger partial charge in [-0.05, 0) is 20.8 Å². The number of carbonyl (C=O) groups excluding carboxylic acids is 1. The Kier molecular flexibility index (Phi) is 3.79. The molecule has 0 radical (unpaired) electrons. The molecule has 1 aliphatic heterocycles. The molecule has 4 nitrogen and oxygen atoms in total. The number of aryl methyl sites for hydroxylation is 1. The van der Waals surface area contributed by atoms with Crippen LogP contribution in [0.15, 0.2) is 5.38 Å². The summed E-state index contributed by atoms with van der Waals surface area (Å²) in [7, 11) is 0. The van der Waals surface area contributed by atoms with E-state index in [4.69, 9.17) is 0 Å². The van der Waals surface area contributed by atoms with E-state index >= 15 is 0 Å². The number of thiazole rings is 1. The lowest BCUT2D eigenvalue weighted by Crippen LogP contribution is -2.56. The third-order valence-electron chi connectivity index (χ3n) is 2.91. The van der Waals surface area contributed by atoms with Crippen LogP contribution < -0.4 is 5.32 Å². The van der Waals surface area contributed by atoms with Crippen LogP contribution in [0.3, 0.4) is 0 Å². The molecule has 1 aliphatic rings. The Morgan fingerprint density at radius 3 is 2.71 bits per heavy atom. The molecule has 1 aromatic heterocycles. The van der Waals surface area contributed by atoms with Gasteiger partial charge in [0.2, 0.25) is 5.91 Å². The number of nitrogens with one attached hydrogen (secondary N) is 1. The van der Waals surface area contributed by atoms with Crippen molar-refractivity contribution in [1.29, 1.82) is 0 Å². The van der Waals surface area contributed by atoms with Crippen molar-refractivity contribution in [3.63, 3.8) is 0 Å². The van der Waals surface area contributed by atoms with Crippen molar-refractivity contribution in [1.82, 2.24) is 15.2 Å². The predicted molar refractivity (Wildman–Crippen MR) is 69.2 cm³/mol. The zero-order valence-corrected chi connectivity index (χ0v) is 11.4. The van der Waals surface area contributed by atoms with Gasteiger partial charge in [-0.25, -0.2) is 4.98 Å². The van der Waals surface area contributed by atoms with Gasteiger partial charge in [-0.1, -0.05) is 0 Å². The summed E-state index contributed by atoms with van der Waals surface area (Å²) in [5.41, 5.74) is 0.899. The molecule has 0 spiro atoms. The Hall–Kier alpha value is -0.940. The minimum atomic E-state index is 0.190. The summed E-state index contributed by atoms with van der Waals surface area (Å²) < 4.78 is 0. The van der Waals surface area contributed by atoms with E-state index in [1.807, 2.05) is 17.2 Å². The van der Waals surface area contributed by atoms with Gasteiger partial charge in [0.1, 0.15) is 0 Å². The van der Waals surface area contributed by atoms with Crippen molar-refractivity contribution in [2.24, 2.45) is 0 Å². The van der Waals surface area contributed by atoms with Crippen molar-refractivity contribution in [2.45, 2.75) is 39.3 Å². The first-order valence-corrected chi connectivity index (χ1v) is 6.87. The quantitative estimate of drug-likeness (QED) is 0.861. The molecular formula is C12H19N3OS. The molecule has 94 valence electrons. The monoisotopic (exact) mass is 253 g/mol. The van der Waals surface area contributed by atoms with E-state index < -0.39 is 0 Å². The molecule has 17 heavy (non-hydrogen) atoms. The number of piperazine rings is 1. The Balaban J connectivity index is 1.95. The fourth-order valence-electron chi connectivity index (χ4n) is 2.29. The summed E-state index contributed by atoms with van der Waals surface area (Å²) in [6, 6.07) is 0.750. The van der Waals surface area contributed by atoms with Crippen LogP contribution in [0.4, 0.5) is 0 Å². The Bertz CT molecular complexity index is 394. The van der Waals surface area contributed by atoms with Crippen molar-refractivity contribution >= 4 is 17.2 Å². The molecule has 0 aromatic carbocycles. The van der Waals surface area contributed by atoms with E-state index in [1.54, 1.807) is 11.3 Å². The molecule has 0 saturated carbocycles. The maximum atomic E-state index is 12.1. The molecule has 1 N–H and O–H groups in total. The highest BCUT2D eigenvalue weighted by Gasteiger charge is 2.24. The summed E-state index contributed by atoms with van der Waals surface area (Å²) in [5, 5.41) is 6.42. The van der Waals surface area contributed by atoms with Crippen molar-refractivity contribution in [3.05, 3.63) is 16.1 Å². The largest absolute Gasteiger partial charge is 0.339 e. The number of hydrogen-bond donors (Lipinski definition) is 1. The third kappa shape index (κ3) is 3.26. The lowest BCUT2D eigenvalue weighted by Gasteiger charge is -2.36. The number of carbonyl (C=O) groups is 1. The number of amides is 1. The summed E-state index contributed by atoms with van der Waals surface area (Å²) >= 11 is 1.60. The minimum absolute atomic E-state index is 0.190. The van der Waals surface area contributed by atoms with Crippen LogP contribution in [0.25, 0.3) is 0 Å². The smallest absolute Gasteiger partial charge is 0.228 e. The summed E-state index contributed by atoms with van der Waals surface area (Å²) in [6.45, 7) is 7.79. The molecule has 0 aliphatic carbocycles. The maximum absolute atomic E-state index is 12.1. The van der Waals surface area contributed by atoms with Gasteiger partial charge in [0, 0.05) is 30.6 Å². The molecular weight excluding hydrogens is 234 g/mol. The van der Waals surface area contributed by atoms with Crippen molar-refractivity contribution in [2.75, 3.05) is 13.1 Å². The van der Waals surface area contributed by atoms with Crippen LogP contribution in [-0.4, -0.2) is 41.0 Å². The van der Waals surface area contributed by atoms with Crippen molar-refractivity contribution in [3.8, 4) is 0 Å². The molecule has 1 aromatic rings. The van der Waals surface area contributed by atoms with Gasteiger partial charge in [0.25, 0.3) is 0 Å². The first kappa shape index (κ1) is 12.5. The molecule has 0 bridgehead atoms. The van der Waals surface area contributed by atoms with Gasteiger partial charge in [0.05, 0.1) is 17.1 Å². The molecule has 2 atom stereocenters. The van der Waals surface area contributed by atoms with Crippen LogP contribution in [0.5, 0.6) is 0 Å². The van der Waals surface area contributed by atoms with E-state index in [1.165, 1.54) is 0 Å². The normalized spacial score (nSPS) is 25.0. The molecule has 2 rings (SSSR count). The van der Waals surface area contributed by atoms with E-state index in [9.17, 15) is 4.79 Å². The molecule has 2 unspecified atom stereocenters. The highest BCUT2D eigenvalue weighted by atomic mass is 32.1. The lowest BCUT2D eigenvalue weighted by atomic mass is 10.1. The molecule has 1 amide bonds. The number of rotatable bonds is 2. The van der Waals surface area contributed by atoms with Gasteiger partial charge in [-0.15, -0.1) is 11.3 Å². The molecule has 2 heterocycles. The molecule has 5 heteroatoms. The zero-order valence-electron chi connectivity index (χ0n) is 10.6. The van der Waals surface area contributed by atoms with E-state index in [0.717, 1.165) is 23.8 Å². The van der Waals surface area contributed by atoms with Crippen molar-refractivity contribution < 1.29 is 4.79 Å². The second-order valence-corrected chi connectivity index (χ2v) is 5.86. The first-order valence-electron chi connectivity index (χ1n) is 5.99. The SMILES string of the molecule is Cc1nc(CC(=O)N2CC(C)NC(C)C2)cs1. The van der Waals surface area contributed by atoms with Crippen LogP contribution in [-0.2, 0) is 11.2 Å². The van der Waals surface area contributed by atoms with Gasteiger partial charge >= 0.3 is 0 Å². The zero-order chi connectivity index (χ0) is 12.4. The number of nitrogens with zero attached hydrogens (tertiary/aromatic N) is 2. The van der Waals surface area contributed by atoms with Gasteiger partial charge in [-0.3, -0.25) is 4.79 Å². The van der Waals surface area contributed by atoms with E-state index in [2.05, 4.69) is 24.1 Å². The fourth-order valence-corrected chi connectivity index (χ4v) is 2.90. The molecule has 1 fully saturated rings. The number of aromatic nitrogens is 1. The van der Waals surface area contributed by atoms with Gasteiger partial charge in [-0.2, -0.15) is 0 Å². The first-order chi connectivity index (χ1) is 8.04. The second kappa shape index (κ2) is 5.14. The Morgan fingerprint density at radius 1 is 1.53 bits per heavy atom. The standard InChI is InChI=1S/C12H19N3OS/c1-8-5-15(6-9(2)13-8)12(16)4-11-7-17-10(3)14-11/h7-9,13H,4-6H2,1-3H3.